The molecule has 1 aromatic carbocycles. The first-order valence-electron chi connectivity index (χ1n) is 9.91. The molecule has 9 nitrogen and oxygen atoms in total. The van der Waals surface area contributed by atoms with Gasteiger partial charge in [-0.1, -0.05) is 30.5 Å². The maximum absolute atomic E-state index is 12.4. The summed E-state index contributed by atoms with van der Waals surface area (Å²) in [6.07, 6.45) is 4.84. The average molecular weight is 422 g/mol. The van der Waals surface area contributed by atoms with E-state index in [9.17, 15) is 4.79 Å². The fourth-order valence-corrected chi connectivity index (χ4v) is 3.66. The number of piperidine rings is 1. The lowest BCUT2D eigenvalue weighted by molar-refractivity contribution is -0.130. The molecule has 10 heteroatoms. The number of benzene rings is 1. The number of nitrogens with zero attached hydrogens (tertiary/aromatic N) is 3. The summed E-state index contributed by atoms with van der Waals surface area (Å²) in [6.45, 7) is 5.76. The third-order valence-corrected chi connectivity index (χ3v) is 5.85. The molecule has 1 aliphatic heterocycles. The summed E-state index contributed by atoms with van der Waals surface area (Å²) < 4.78 is 5.59. The number of anilines is 3. The van der Waals surface area contributed by atoms with E-state index in [1.807, 2.05) is 18.7 Å². The molecule has 2 fully saturated rings. The summed E-state index contributed by atoms with van der Waals surface area (Å²) >= 11 is 6.00. The number of nitrogens with one attached hydrogen (secondary N) is 2. The van der Waals surface area contributed by atoms with Crippen molar-refractivity contribution in [2.75, 3.05) is 36.1 Å². The highest BCUT2D eigenvalue weighted by Crippen LogP contribution is 2.53. The van der Waals surface area contributed by atoms with Crippen LogP contribution in [0.5, 0.6) is 0 Å². The number of aromatic nitrogens is 2. The number of amides is 1. The van der Waals surface area contributed by atoms with Crippen molar-refractivity contribution in [3.8, 4) is 11.5 Å². The lowest BCUT2D eigenvalue weighted by atomic mass is 9.94. The van der Waals surface area contributed by atoms with E-state index in [0.29, 0.717) is 21.7 Å². The van der Waals surface area contributed by atoms with Crippen LogP contribution in [-0.2, 0) is 4.79 Å². The Labute approximate surface area is 175 Å². The molecule has 1 aliphatic carbocycles. The van der Waals surface area contributed by atoms with Crippen LogP contribution in [0.15, 0.2) is 16.5 Å². The van der Waals surface area contributed by atoms with Crippen LogP contribution in [-0.4, -0.2) is 40.6 Å². The highest BCUT2D eigenvalue weighted by molar-refractivity contribution is 6.34. The van der Waals surface area contributed by atoms with Crippen molar-refractivity contribution < 1.29 is 9.21 Å². The molecule has 158 valence electrons. The molecule has 29 heavy (non-hydrogen) atoms. The van der Waals surface area contributed by atoms with Crippen molar-refractivity contribution >= 4 is 34.9 Å². The van der Waals surface area contributed by atoms with E-state index in [4.69, 9.17) is 27.6 Å². The zero-order valence-electron chi connectivity index (χ0n) is 16.8. The standard InChI is InChI=1S/C17H22ClN7O2.C2H6/c18-11-2-1-10(14(22-20)13(11)19)15-23-24-16(27-15)21-9-12(26)25-7-5-17(3-4-17)6-8-25;1-2/h1-2,22H,3-9,19-20H2,(H,21,24);1-2H3. The Morgan fingerprint density at radius 1 is 1.24 bits per heavy atom. The predicted molar refractivity (Wildman–Crippen MR) is 114 cm³/mol. The molecule has 4 rings (SSSR count). The first-order chi connectivity index (χ1) is 14.0. The van der Waals surface area contributed by atoms with Crippen molar-refractivity contribution in [2.24, 2.45) is 11.3 Å². The minimum absolute atomic E-state index is 0.0327. The summed E-state index contributed by atoms with van der Waals surface area (Å²) in [7, 11) is 0. The van der Waals surface area contributed by atoms with E-state index in [2.05, 4.69) is 20.9 Å². The maximum atomic E-state index is 12.4. The van der Waals surface area contributed by atoms with Gasteiger partial charge in [-0.15, -0.1) is 5.10 Å². The number of hydrogen-bond donors (Lipinski definition) is 4. The second-order valence-electron chi connectivity index (χ2n) is 7.17. The molecule has 1 aromatic heterocycles. The SMILES string of the molecule is CC.NNc1c(-c2nnc(NCC(=O)N3CCC4(CC3)CC4)o2)ccc(Cl)c1N. The van der Waals surface area contributed by atoms with E-state index >= 15 is 0 Å². The number of nitrogen functional groups attached to an aromatic ring is 2. The summed E-state index contributed by atoms with van der Waals surface area (Å²) in [5, 5.41) is 11.2. The van der Waals surface area contributed by atoms with Gasteiger partial charge in [0.15, 0.2) is 0 Å². The first-order valence-corrected chi connectivity index (χ1v) is 10.3. The molecule has 2 heterocycles. The molecule has 1 saturated carbocycles. The Bertz CT molecular complexity index is 856. The number of carbonyl (C=O) groups is 1. The molecular weight excluding hydrogens is 394 g/mol. The molecule has 0 unspecified atom stereocenters. The zero-order chi connectivity index (χ0) is 21.0. The van der Waals surface area contributed by atoms with Crippen LogP contribution in [0.3, 0.4) is 0 Å². The molecule has 0 radical (unpaired) electrons. The summed E-state index contributed by atoms with van der Waals surface area (Å²) in [6, 6.07) is 3.46. The molecule has 2 aliphatic rings. The van der Waals surface area contributed by atoms with Crippen LogP contribution in [0.2, 0.25) is 5.02 Å². The quantitative estimate of drug-likeness (QED) is 0.328. The summed E-state index contributed by atoms with van der Waals surface area (Å²) in [5.41, 5.74) is 10.2. The van der Waals surface area contributed by atoms with Crippen molar-refractivity contribution in [2.45, 2.75) is 39.5 Å². The largest absolute Gasteiger partial charge is 0.403 e. The Balaban J connectivity index is 0.00000117. The average Bonchev–Trinajstić information content (AvgIpc) is 3.33. The Morgan fingerprint density at radius 2 is 1.93 bits per heavy atom. The molecule has 1 spiro atoms. The second-order valence-corrected chi connectivity index (χ2v) is 7.58. The van der Waals surface area contributed by atoms with Crippen LogP contribution in [0, 0.1) is 5.41 Å². The number of halogens is 1. The third-order valence-electron chi connectivity index (χ3n) is 5.52. The van der Waals surface area contributed by atoms with Gasteiger partial charge in [0.25, 0.3) is 5.89 Å². The lowest BCUT2D eigenvalue weighted by Gasteiger charge is -2.32. The van der Waals surface area contributed by atoms with Gasteiger partial charge in [-0.25, -0.2) is 0 Å². The number of hydrogen-bond acceptors (Lipinski definition) is 8. The molecular formula is C19H28ClN7O2. The van der Waals surface area contributed by atoms with E-state index in [0.717, 1.165) is 25.9 Å². The third kappa shape index (κ3) is 4.56. The fraction of sp³-hybridized carbons (Fsp3) is 0.526. The minimum Gasteiger partial charge on any atom is -0.403 e. The van der Waals surface area contributed by atoms with E-state index < -0.39 is 0 Å². The second kappa shape index (κ2) is 8.87. The van der Waals surface area contributed by atoms with Crippen LogP contribution >= 0.6 is 11.6 Å². The molecule has 1 amide bonds. The van der Waals surface area contributed by atoms with E-state index in [1.54, 1.807) is 12.1 Å². The van der Waals surface area contributed by atoms with Gasteiger partial charge < -0.3 is 25.8 Å². The maximum Gasteiger partial charge on any atom is 0.316 e. The Kier molecular flexibility index (Phi) is 6.49. The van der Waals surface area contributed by atoms with Crippen molar-refractivity contribution in [1.29, 1.82) is 0 Å². The van der Waals surface area contributed by atoms with Gasteiger partial charge in [-0.3, -0.25) is 10.6 Å². The molecule has 0 atom stereocenters. The van der Waals surface area contributed by atoms with Crippen LogP contribution < -0.4 is 22.3 Å². The Hall–Kier alpha value is -2.52. The van der Waals surface area contributed by atoms with Crippen LogP contribution in [0.4, 0.5) is 17.4 Å². The summed E-state index contributed by atoms with van der Waals surface area (Å²) in [5.74, 6) is 5.77. The van der Waals surface area contributed by atoms with E-state index in [-0.39, 0.29) is 30.0 Å². The first kappa shape index (κ1) is 21.2. The van der Waals surface area contributed by atoms with Crippen molar-refractivity contribution in [1.82, 2.24) is 15.1 Å². The number of hydrazine groups is 1. The van der Waals surface area contributed by atoms with Gasteiger partial charge in [-0.2, -0.15) is 0 Å². The summed E-state index contributed by atoms with van der Waals surface area (Å²) in [4.78, 5) is 14.3. The van der Waals surface area contributed by atoms with Gasteiger partial charge in [0.05, 0.1) is 28.5 Å². The van der Waals surface area contributed by atoms with Gasteiger partial charge >= 0.3 is 6.01 Å². The molecule has 6 N–H and O–H groups in total. The van der Waals surface area contributed by atoms with Crippen molar-refractivity contribution in [3.63, 3.8) is 0 Å². The van der Waals surface area contributed by atoms with Gasteiger partial charge in [0.2, 0.25) is 5.91 Å². The molecule has 0 bridgehead atoms. The molecule has 1 saturated heterocycles. The number of rotatable bonds is 5. The molecule has 2 aromatic rings. The normalized spacial score (nSPS) is 16.8. The lowest BCUT2D eigenvalue weighted by Crippen LogP contribution is -2.41. The van der Waals surface area contributed by atoms with Crippen molar-refractivity contribution in [3.05, 3.63) is 17.2 Å². The highest BCUT2D eigenvalue weighted by Gasteiger charge is 2.44. The van der Waals surface area contributed by atoms with Gasteiger partial charge in [-0.05, 0) is 43.2 Å². The Morgan fingerprint density at radius 3 is 2.55 bits per heavy atom. The van der Waals surface area contributed by atoms with Crippen LogP contribution in [0.1, 0.15) is 39.5 Å². The minimum atomic E-state index is 0.0327. The number of nitrogens with two attached hydrogens (primary N) is 2. The predicted octanol–water partition coefficient (Wildman–Crippen LogP) is 3.10. The zero-order valence-corrected chi connectivity index (χ0v) is 17.6. The highest BCUT2D eigenvalue weighted by atomic mass is 35.5. The van der Waals surface area contributed by atoms with E-state index in [1.165, 1.54) is 12.8 Å². The number of likely N-dealkylation sites (tertiary alicyclic amines) is 1. The smallest absolute Gasteiger partial charge is 0.316 e. The fourth-order valence-electron chi connectivity index (χ4n) is 3.50. The number of carbonyl (C=O) groups excluding carboxylic acids is 1. The monoisotopic (exact) mass is 421 g/mol. The van der Waals surface area contributed by atoms with Crippen LogP contribution in [0.25, 0.3) is 11.5 Å². The van der Waals surface area contributed by atoms with Gasteiger partial charge in [0, 0.05) is 13.1 Å². The topological polar surface area (TPSA) is 135 Å². The van der Waals surface area contributed by atoms with Gasteiger partial charge in [0.1, 0.15) is 0 Å².